The standard InChI is InChI=1S/C11H12O4/c1-3-8-4-10-11(14-6-13-10)5-9(8)15-7(2)12/h4-5H,3,6H2,1-2H3. The monoisotopic (exact) mass is 208 g/mol. The summed E-state index contributed by atoms with van der Waals surface area (Å²) in [5.74, 6) is 1.56. The van der Waals surface area contributed by atoms with E-state index in [1.807, 2.05) is 13.0 Å². The molecule has 4 nitrogen and oxygen atoms in total. The third-order valence-electron chi connectivity index (χ3n) is 2.19. The third kappa shape index (κ3) is 1.88. The molecule has 1 aliphatic heterocycles. The molecule has 0 fully saturated rings. The Morgan fingerprint density at radius 1 is 1.40 bits per heavy atom. The van der Waals surface area contributed by atoms with Crippen molar-refractivity contribution in [2.24, 2.45) is 0 Å². The maximum absolute atomic E-state index is 10.9. The molecular formula is C11H12O4. The second-order valence-electron chi connectivity index (χ2n) is 3.26. The van der Waals surface area contributed by atoms with Gasteiger partial charge in [-0.15, -0.1) is 0 Å². The quantitative estimate of drug-likeness (QED) is 0.550. The minimum absolute atomic E-state index is 0.224. The molecule has 0 bridgehead atoms. The van der Waals surface area contributed by atoms with Crippen molar-refractivity contribution in [1.29, 1.82) is 0 Å². The van der Waals surface area contributed by atoms with Crippen molar-refractivity contribution in [1.82, 2.24) is 0 Å². The van der Waals surface area contributed by atoms with Gasteiger partial charge in [-0.25, -0.2) is 0 Å². The smallest absolute Gasteiger partial charge is 0.308 e. The zero-order valence-electron chi connectivity index (χ0n) is 8.70. The predicted octanol–water partition coefficient (Wildman–Crippen LogP) is 1.90. The number of aryl methyl sites for hydroxylation is 1. The molecule has 0 amide bonds. The van der Waals surface area contributed by atoms with Gasteiger partial charge in [-0.2, -0.15) is 0 Å². The minimum atomic E-state index is -0.330. The number of esters is 1. The number of carbonyl (C=O) groups excluding carboxylic acids is 1. The van der Waals surface area contributed by atoms with Crippen LogP contribution in [-0.4, -0.2) is 12.8 Å². The fourth-order valence-corrected chi connectivity index (χ4v) is 1.49. The summed E-state index contributed by atoms with van der Waals surface area (Å²) >= 11 is 0. The van der Waals surface area contributed by atoms with Crippen molar-refractivity contribution in [3.8, 4) is 17.2 Å². The van der Waals surface area contributed by atoms with Gasteiger partial charge in [0.15, 0.2) is 11.5 Å². The van der Waals surface area contributed by atoms with Crippen LogP contribution >= 0.6 is 0 Å². The highest BCUT2D eigenvalue weighted by Gasteiger charge is 2.17. The number of benzene rings is 1. The lowest BCUT2D eigenvalue weighted by molar-refractivity contribution is -0.131. The molecule has 0 aromatic heterocycles. The normalized spacial score (nSPS) is 12.7. The highest BCUT2D eigenvalue weighted by Crippen LogP contribution is 2.38. The van der Waals surface area contributed by atoms with Gasteiger partial charge >= 0.3 is 5.97 Å². The van der Waals surface area contributed by atoms with Gasteiger partial charge in [-0.3, -0.25) is 4.79 Å². The van der Waals surface area contributed by atoms with E-state index >= 15 is 0 Å². The lowest BCUT2D eigenvalue weighted by atomic mass is 10.1. The topological polar surface area (TPSA) is 44.8 Å². The molecule has 0 unspecified atom stereocenters. The molecule has 0 radical (unpaired) electrons. The molecule has 0 aliphatic carbocycles. The van der Waals surface area contributed by atoms with E-state index in [0.29, 0.717) is 17.2 Å². The van der Waals surface area contributed by atoms with E-state index in [-0.39, 0.29) is 12.8 Å². The first-order valence-electron chi connectivity index (χ1n) is 4.81. The van der Waals surface area contributed by atoms with Crippen LogP contribution in [0.25, 0.3) is 0 Å². The zero-order valence-corrected chi connectivity index (χ0v) is 8.70. The molecule has 1 aromatic carbocycles. The van der Waals surface area contributed by atoms with Crippen LogP contribution in [0.5, 0.6) is 17.2 Å². The lowest BCUT2D eigenvalue weighted by Crippen LogP contribution is -2.03. The third-order valence-corrected chi connectivity index (χ3v) is 2.19. The summed E-state index contributed by atoms with van der Waals surface area (Å²) in [5.41, 5.74) is 0.939. The molecule has 0 atom stereocenters. The Hall–Kier alpha value is -1.71. The average Bonchev–Trinajstić information content (AvgIpc) is 2.62. The number of hydrogen-bond acceptors (Lipinski definition) is 4. The Labute approximate surface area is 87.8 Å². The number of hydrogen-bond donors (Lipinski definition) is 0. The van der Waals surface area contributed by atoms with Crippen molar-refractivity contribution in [2.45, 2.75) is 20.3 Å². The van der Waals surface area contributed by atoms with Gasteiger partial charge in [0, 0.05) is 13.0 Å². The Morgan fingerprint density at radius 2 is 2.07 bits per heavy atom. The van der Waals surface area contributed by atoms with Crippen molar-refractivity contribution < 1.29 is 19.0 Å². The SMILES string of the molecule is CCc1cc2c(cc1OC(C)=O)OCO2. The highest BCUT2D eigenvalue weighted by atomic mass is 16.7. The summed E-state index contributed by atoms with van der Waals surface area (Å²) in [4.78, 5) is 10.9. The molecule has 1 aromatic rings. The van der Waals surface area contributed by atoms with Gasteiger partial charge in [-0.05, 0) is 18.1 Å². The fraction of sp³-hybridized carbons (Fsp3) is 0.364. The second-order valence-corrected chi connectivity index (χ2v) is 3.26. The van der Waals surface area contributed by atoms with Gasteiger partial charge in [0.25, 0.3) is 0 Å². The summed E-state index contributed by atoms with van der Waals surface area (Å²) in [5, 5.41) is 0. The zero-order chi connectivity index (χ0) is 10.8. The molecule has 0 saturated carbocycles. The van der Waals surface area contributed by atoms with Crippen LogP contribution in [0.3, 0.4) is 0 Å². The van der Waals surface area contributed by atoms with E-state index in [2.05, 4.69) is 0 Å². The van der Waals surface area contributed by atoms with Gasteiger partial charge in [0.1, 0.15) is 5.75 Å². The van der Waals surface area contributed by atoms with Crippen LogP contribution in [0.4, 0.5) is 0 Å². The van der Waals surface area contributed by atoms with E-state index in [1.165, 1.54) is 6.92 Å². The first kappa shape index (κ1) is 9.83. The molecule has 1 aliphatic rings. The van der Waals surface area contributed by atoms with E-state index in [4.69, 9.17) is 14.2 Å². The largest absolute Gasteiger partial charge is 0.454 e. The fourth-order valence-electron chi connectivity index (χ4n) is 1.49. The Bertz CT molecular complexity index is 398. The molecular weight excluding hydrogens is 196 g/mol. The van der Waals surface area contributed by atoms with Crippen molar-refractivity contribution in [3.05, 3.63) is 17.7 Å². The first-order chi connectivity index (χ1) is 7.20. The molecule has 0 spiro atoms. The maximum Gasteiger partial charge on any atom is 0.308 e. The molecule has 2 rings (SSSR count). The van der Waals surface area contributed by atoms with Gasteiger partial charge < -0.3 is 14.2 Å². The molecule has 1 heterocycles. The number of ether oxygens (including phenoxy) is 3. The predicted molar refractivity (Wildman–Crippen MR) is 53.3 cm³/mol. The molecule has 15 heavy (non-hydrogen) atoms. The Morgan fingerprint density at radius 3 is 2.67 bits per heavy atom. The highest BCUT2D eigenvalue weighted by molar-refractivity contribution is 5.70. The van der Waals surface area contributed by atoms with Crippen LogP contribution in [0.15, 0.2) is 12.1 Å². The number of fused-ring (bicyclic) bond motifs is 1. The average molecular weight is 208 g/mol. The summed E-state index contributed by atoms with van der Waals surface area (Å²) in [6.45, 7) is 3.59. The minimum Gasteiger partial charge on any atom is -0.454 e. The van der Waals surface area contributed by atoms with Crippen LogP contribution in [0.1, 0.15) is 19.4 Å². The number of rotatable bonds is 2. The second kappa shape index (κ2) is 3.81. The number of carbonyl (C=O) groups is 1. The Balaban J connectivity index is 2.39. The van der Waals surface area contributed by atoms with Crippen molar-refractivity contribution in [3.63, 3.8) is 0 Å². The molecule has 4 heteroatoms. The molecule has 80 valence electrons. The van der Waals surface area contributed by atoms with Crippen LogP contribution in [0.2, 0.25) is 0 Å². The first-order valence-corrected chi connectivity index (χ1v) is 4.81. The van der Waals surface area contributed by atoms with E-state index < -0.39 is 0 Å². The van der Waals surface area contributed by atoms with Crippen LogP contribution < -0.4 is 14.2 Å². The Kier molecular flexibility index (Phi) is 2.49. The summed E-state index contributed by atoms with van der Waals surface area (Å²) in [6, 6.07) is 3.54. The van der Waals surface area contributed by atoms with Gasteiger partial charge in [0.2, 0.25) is 6.79 Å². The maximum atomic E-state index is 10.9. The van der Waals surface area contributed by atoms with E-state index in [0.717, 1.165) is 12.0 Å². The van der Waals surface area contributed by atoms with Crippen LogP contribution in [-0.2, 0) is 11.2 Å². The van der Waals surface area contributed by atoms with Gasteiger partial charge in [-0.1, -0.05) is 6.92 Å². The van der Waals surface area contributed by atoms with Gasteiger partial charge in [0.05, 0.1) is 0 Å². The summed E-state index contributed by atoms with van der Waals surface area (Å²) in [6.07, 6.45) is 0.777. The summed E-state index contributed by atoms with van der Waals surface area (Å²) in [7, 11) is 0. The van der Waals surface area contributed by atoms with Crippen molar-refractivity contribution >= 4 is 5.97 Å². The van der Waals surface area contributed by atoms with E-state index in [9.17, 15) is 4.79 Å². The summed E-state index contributed by atoms with van der Waals surface area (Å²) < 4.78 is 15.5. The van der Waals surface area contributed by atoms with E-state index in [1.54, 1.807) is 6.07 Å². The lowest BCUT2D eigenvalue weighted by Gasteiger charge is -2.08. The van der Waals surface area contributed by atoms with Crippen LogP contribution in [0, 0.1) is 0 Å². The molecule has 0 N–H and O–H groups in total. The molecule has 0 saturated heterocycles. The van der Waals surface area contributed by atoms with Crippen molar-refractivity contribution in [2.75, 3.05) is 6.79 Å².